The number of rotatable bonds is 8. The van der Waals surface area contributed by atoms with E-state index in [0.29, 0.717) is 25.6 Å². The van der Waals surface area contributed by atoms with Crippen molar-refractivity contribution in [2.45, 2.75) is 6.42 Å². The Morgan fingerprint density at radius 3 is 2.92 bits per heavy atom. The highest BCUT2D eigenvalue weighted by atomic mass is 79.9. The largest absolute Gasteiger partial charge is 0.383 e. The molecule has 138 valence electrons. The maximum absolute atomic E-state index is 11.7. The molecule has 2 N–H and O–H groups in total. The van der Waals surface area contributed by atoms with Crippen molar-refractivity contribution >= 4 is 52.3 Å². The summed E-state index contributed by atoms with van der Waals surface area (Å²) in [5.74, 6) is 0.568. The first kappa shape index (κ1) is 23.5. The minimum Gasteiger partial charge on any atom is -0.383 e. The molecule has 0 aromatic heterocycles. The van der Waals surface area contributed by atoms with Crippen LogP contribution < -0.4 is 15.5 Å². The van der Waals surface area contributed by atoms with Crippen LogP contribution in [0.5, 0.6) is 0 Å². The van der Waals surface area contributed by atoms with Crippen LogP contribution in [0.1, 0.15) is 6.42 Å². The maximum atomic E-state index is 11.7. The Hall–Kier alpha value is -0.530. The number of carbonyl (C=O) groups excluding carboxylic acids is 1. The van der Waals surface area contributed by atoms with Crippen molar-refractivity contribution in [2.75, 3.05) is 51.3 Å². The van der Waals surface area contributed by atoms with E-state index in [1.54, 1.807) is 7.11 Å². The van der Waals surface area contributed by atoms with E-state index < -0.39 is 0 Å². The van der Waals surface area contributed by atoms with Gasteiger partial charge in [0.15, 0.2) is 0 Å². The standard InChI is InChI=1S/C16H24BrN3O2.2ClH/c1-22-8-6-18-11-16(21)19-10-13-5-7-20(12-13)15-4-2-3-14(17)9-15;;/h2-4,9,13,18H,5-8,10-12H2,1H3,(H,19,21);2*1H. The summed E-state index contributed by atoms with van der Waals surface area (Å²) in [7, 11) is 1.65. The molecule has 1 unspecified atom stereocenters. The number of hydrogen-bond donors (Lipinski definition) is 2. The molecule has 8 heteroatoms. The highest BCUT2D eigenvalue weighted by molar-refractivity contribution is 9.10. The van der Waals surface area contributed by atoms with Crippen LogP contribution in [0.2, 0.25) is 0 Å². The molecule has 1 fully saturated rings. The average molecular weight is 443 g/mol. The number of nitrogens with one attached hydrogen (secondary N) is 2. The zero-order valence-electron chi connectivity index (χ0n) is 13.8. The summed E-state index contributed by atoms with van der Waals surface area (Å²) in [6, 6.07) is 8.36. The lowest BCUT2D eigenvalue weighted by Crippen LogP contribution is -2.38. The zero-order valence-corrected chi connectivity index (χ0v) is 17.0. The lowest BCUT2D eigenvalue weighted by molar-refractivity contribution is -0.120. The number of amides is 1. The molecule has 0 spiro atoms. The van der Waals surface area contributed by atoms with Crippen molar-refractivity contribution in [3.8, 4) is 0 Å². The molecule has 0 aliphatic carbocycles. The van der Waals surface area contributed by atoms with Crippen LogP contribution in [0.4, 0.5) is 5.69 Å². The third kappa shape index (κ3) is 8.03. The molecule has 24 heavy (non-hydrogen) atoms. The van der Waals surface area contributed by atoms with Crippen LogP contribution in [-0.4, -0.2) is 52.3 Å². The summed E-state index contributed by atoms with van der Waals surface area (Å²) >= 11 is 3.51. The quantitative estimate of drug-likeness (QED) is 0.607. The number of nitrogens with zero attached hydrogens (tertiary/aromatic N) is 1. The van der Waals surface area contributed by atoms with Crippen molar-refractivity contribution in [1.82, 2.24) is 10.6 Å². The van der Waals surface area contributed by atoms with E-state index in [4.69, 9.17) is 4.74 Å². The molecule has 0 saturated carbocycles. The fraction of sp³-hybridized carbons (Fsp3) is 0.562. The SMILES string of the molecule is COCCNCC(=O)NCC1CCN(c2cccc(Br)c2)C1.Cl.Cl. The third-order valence-electron chi connectivity index (χ3n) is 3.82. The van der Waals surface area contributed by atoms with E-state index in [-0.39, 0.29) is 30.7 Å². The van der Waals surface area contributed by atoms with Gasteiger partial charge in [-0.25, -0.2) is 0 Å². The number of ether oxygens (including phenoxy) is 1. The van der Waals surface area contributed by atoms with Crippen LogP contribution in [-0.2, 0) is 9.53 Å². The van der Waals surface area contributed by atoms with Crippen molar-refractivity contribution < 1.29 is 9.53 Å². The number of anilines is 1. The van der Waals surface area contributed by atoms with Gasteiger partial charge in [0, 0.05) is 43.4 Å². The molecule has 1 aromatic carbocycles. The second kappa shape index (κ2) is 12.8. The lowest BCUT2D eigenvalue weighted by Gasteiger charge is -2.19. The minimum atomic E-state index is 0. The first-order valence-corrected chi connectivity index (χ1v) is 8.45. The Balaban J connectivity index is 0.00000264. The molecule has 0 bridgehead atoms. The van der Waals surface area contributed by atoms with Gasteiger partial charge in [0.1, 0.15) is 0 Å². The van der Waals surface area contributed by atoms with E-state index in [1.165, 1.54) is 5.69 Å². The molecule has 1 heterocycles. The van der Waals surface area contributed by atoms with Gasteiger partial charge >= 0.3 is 0 Å². The summed E-state index contributed by atoms with van der Waals surface area (Å²) in [5.41, 5.74) is 1.24. The smallest absolute Gasteiger partial charge is 0.233 e. The molecule has 1 aliphatic rings. The van der Waals surface area contributed by atoms with Gasteiger partial charge in [0.05, 0.1) is 13.2 Å². The molecule has 1 aliphatic heterocycles. The summed E-state index contributed by atoms with van der Waals surface area (Å²) in [4.78, 5) is 14.1. The van der Waals surface area contributed by atoms with Crippen LogP contribution in [0, 0.1) is 5.92 Å². The van der Waals surface area contributed by atoms with Crippen molar-refractivity contribution in [2.24, 2.45) is 5.92 Å². The second-order valence-electron chi connectivity index (χ2n) is 5.55. The Bertz CT molecular complexity index is 494. The first-order chi connectivity index (χ1) is 10.7. The predicted molar refractivity (Wildman–Crippen MR) is 107 cm³/mol. The lowest BCUT2D eigenvalue weighted by atomic mass is 10.1. The second-order valence-corrected chi connectivity index (χ2v) is 6.47. The molecule has 1 atom stereocenters. The van der Waals surface area contributed by atoms with Crippen LogP contribution in [0.3, 0.4) is 0 Å². The van der Waals surface area contributed by atoms with Gasteiger partial charge in [0.2, 0.25) is 5.91 Å². The van der Waals surface area contributed by atoms with Gasteiger partial charge in [-0.1, -0.05) is 22.0 Å². The minimum absolute atomic E-state index is 0. The summed E-state index contributed by atoms with van der Waals surface area (Å²) in [5, 5.41) is 6.06. The highest BCUT2D eigenvalue weighted by Crippen LogP contribution is 2.25. The first-order valence-electron chi connectivity index (χ1n) is 7.66. The van der Waals surface area contributed by atoms with Crippen LogP contribution >= 0.6 is 40.7 Å². The zero-order chi connectivity index (χ0) is 15.8. The summed E-state index contributed by atoms with van der Waals surface area (Å²) in [6.07, 6.45) is 1.11. The summed E-state index contributed by atoms with van der Waals surface area (Å²) < 4.78 is 6.02. The molecule has 2 rings (SSSR count). The third-order valence-corrected chi connectivity index (χ3v) is 4.31. The topological polar surface area (TPSA) is 53.6 Å². The van der Waals surface area contributed by atoms with Gasteiger partial charge < -0.3 is 20.3 Å². The monoisotopic (exact) mass is 441 g/mol. The normalized spacial score (nSPS) is 16.2. The Labute approximate surface area is 164 Å². The van der Waals surface area contributed by atoms with Crippen molar-refractivity contribution in [3.63, 3.8) is 0 Å². The van der Waals surface area contributed by atoms with Gasteiger partial charge in [-0.15, -0.1) is 24.8 Å². The number of halogens is 3. The maximum Gasteiger partial charge on any atom is 0.233 e. The molecule has 5 nitrogen and oxygen atoms in total. The number of methoxy groups -OCH3 is 1. The van der Waals surface area contributed by atoms with E-state index in [9.17, 15) is 4.79 Å². The van der Waals surface area contributed by atoms with E-state index in [0.717, 1.165) is 30.5 Å². The molecule has 1 aromatic rings. The predicted octanol–water partition coefficient (Wildman–Crippen LogP) is 2.47. The summed E-state index contributed by atoms with van der Waals surface area (Å²) in [6.45, 7) is 4.46. The van der Waals surface area contributed by atoms with Gasteiger partial charge in [0.25, 0.3) is 0 Å². The molecular formula is C16H26BrCl2N3O2. The molecular weight excluding hydrogens is 417 g/mol. The van der Waals surface area contributed by atoms with E-state index >= 15 is 0 Å². The van der Waals surface area contributed by atoms with Crippen molar-refractivity contribution in [1.29, 1.82) is 0 Å². The number of benzene rings is 1. The molecule has 1 amide bonds. The highest BCUT2D eigenvalue weighted by Gasteiger charge is 2.23. The van der Waals surface area contributed by atoms with Crippen molar-refractivity contribution in [3.05, 3.63) is 28.7 Å². The Morgan fingerprint density at radius 2 is 2.21 bits per heavy atom. The number of hydrogen-bond acceptors (Lipinski definition) is 4. The van der Waals surface area contributed by atoms with Gasteiger partial charge in [-0.05, 0) is 30.5 Å². The van der Waals surface area contributed by atoms with E-state index in [1.807, 2.05) is 6.07 Å². The van der Waals surface area contributed by atoms with Crippen LogP contribution in [0.25, 0.3) is 0 Å². The Morgan fingerprint density at radius 1 is 1.42 bits per heavy atom. The van der Waals surface area contributed by atoms with E-state index in [2.05, 4.69) is 49.7 Å². The number of carbonyl (C=O) groups is 1. The molecule has 1 saturated heterocycles. The fourth-order valence-electron chi connectivity index (χ4n) is 2.60. The molecule has 0 radical (unpaired) electrons. The van der Waals surface area contributed by atoms with Crippen LogP contribution in [0.15, 0.2) is 28.7 Å². The fourth-order valence-corrected chi connectivity index (χ4v) is 2.99. The average Bonchev–Trinajstić information content (AvgIpc) is 2.98. The Kier molecular flexibility index (Phi) is 12.5. The van der Waals surface area contributed by atoms with Gasteiger partial charge in [-0.2, -0.15) is 0 Å². The van der Waals surface area contributed by atoms with Gasteiger partial charge in [-0.3, -0.25) is 4.79 Å².